The first kappa shape index (κ1) is 20.1. The number of ketones is 1. The Morgan fingerprint density at radius 3 is 1.82 bits per heavy atom. The summed E-state index contributed by atoms with van der Waals surface area (Å²) in [5.74, 6) is 0.0520. The van der Waals surface area contributed by atoms with Crippen LogP contribution in [0.4, 0.5) is 0 Å². The van der Waals surface area contributed by atoms with E-state index in [1.807, 2.05) is 12.1 Å². The maximum atomic E-state index is 13.2. The second kappa shape index (κ2) is 7.08. The van der Waals surface area contributed by atoms with Crippen LogP contribution < -0.4 is 4.74 Å². The van der Waals surface area contributed by atoms with Crippen LogP contribution in [0.5, 0.6) is 5.75 Å². The number of ether oxygens (including phenoxy) is 2. The van der Waals surface area contributed by atoms with Crippen molar-refractivity contribution in [2.45, 2.75) is 51.4 Å². The fourth-order valence-corrected chi connectivity index (χ4v) is 3.97. The lowest BCUT2D eigenvalue weighted by Crippen LogP contribution is -2.34. The summed E-state index contributed by atoms with van der Waals surface area (Å²) in [6.07, 6.45) is 2.17. The molecule has 0 aliphatic heterocycles. The number of carbonyl (C=O) groups excluding carboxylic acids is 2. The number of fused-ring (bicyclic) bond motifs is 1. The highest BCUT2D eigenvalue weighted by Crippen LogP contribution is 2.47. The van der Waals surface area contributed by atoms with E-state index in [0.29, 0.717) is 22.4 Å². The summed E-state index contributed by atoms with van der Waals surface area (Å²) in [6, 6.07) is 10.6. The van der Waals surface area contributed by atoms with Gasteiger partial charge in [-0.3, -0.25) is 4.79 Å². The van der Waals surface area contributed by atoms with E-state index in [1.54, 1.807) is 31.4 Å². The van der Waals surface area contributed by atoms with Crippen LogP contribution in [0.25, 0.3) is 0 Å². The fourth-order valence-electron chi connectivity index (χ4n) is 3.97. The van der Waals surface area contributed by atoms with Crippen LogP contribution >= 0.6 is 0 Å². The number of hydrogen-bond acceptors (Lipinski definition) is 4. The van der Waals surface area contributed by atoms with Crippen molar-refractivity contribution in [3.63, 3.8) is 0 Å². The maximum absolute atomic E-state index is 13.2. The third-order valence-electron chi connectivity index (χ3n) is 5.99. The van der Waals surface area contributed by atoms with Gasteiger partial charge >= 0.3 is 5.97 Å². The van der Waals surface area contributed by atoms with Gasteiger partial charge in [-0.15, -0.1) is 0 Å². The number of esters is 1. The lowest BCUT2D eigenvalue weighted by atomic mass is 9.62. The topological polar surface area (TPSA) is 52.6 Å². The molecule has 0 atom stereocenters. The molecule has 0 saturated heterocycles. The lowest BCUT2D eigenvalue weighted by molar-refractivity contribution is 0.0600. The zero-order valence-electron chi connectivity index (χ0n) is 17.5. The van der Waals surface area contributed by atoms with Gasteiger partial charge in [0, 0.05) is 5.56 Å². The van der Waals surface area contributed by atoms with Crippen LogP contribution in [0.1, 0.15) is 77.9 Å². The molecule has 0 bridgehead atoms. The van der Waals surface area contributed by atoms with E-state index in [9.17, 15) is 9.59 Å². The zero-order chi connectivity index (χ0) is 20.7. The normalized spacial score (nSPS) is 16.8. The molecule has 0 fully saturated rings. The molecule has 2 aromatic rings. The monoisotopic (exact) mass is 380 g/mol. The highest BCUT2D eigenvalue weighted by atomic mass is 16.5. The van der Waals surface area contributed by atoms with E-state index in [4.69, 9.17) is 9.47 Å². The lowest BCUT2D eigenvalue weighted by Gasteiger charge is -2.42. The first-order valence-corrected chi connectivity index (χ1v) is 9.57. The highest BCUT2D eigenvalue weighted by molar-refractivity contribution is 6.11. The molecular weight excluding hydrogens is 352 g/mol. The number of benzene rings is 2. The van der Waals surface area contributed by atoms with Crippen LogP contribution in [-0.2, 0) is 15.6 Å². The molecular formula is C24H28O4. The van der Waals surface area contributed by atoms with Crippen molar-refractivity contribution in [1.82, 2.24) is 0 Å². The van der Waals surface area contributed by atoms with Crippen molar-refractivity contribution >= 4 is 11.8 Å². The van der Waals surface area contributed by atoms with Gasteiger partial charge in [-0.2, -0.15) is 0 Å². The van der Waals surface area contributed by atoms with Crippen molar-refractivity contribution in [1.29, 1.82) is 0 Å². The summed E-state index contributed by atoms with van der Waals surface area (Å²) in [5.41, 5.74) is 3.98. The fraction of sp³-hybridized carbons (Fsp3) is 0.417. The quantitative estimate of drug-likeness (QED) is 0.549. The minimum atomic E-state index is -0.422. The van der Waals surface area contributed by atoms with Gasteiger partial charge < -0.3 is 9.47 Å². The van der Waals surface area contributed by atoms with Crippen LogP contribution in [0, 0.1) is 0 Å². The Morgan fingerprint density at radius 2 is 1.32 bits per heavy atom. The molecule has 0 saturated carbocycles. The van der Waals surface area contributed by atoms with E-state index >= 15 is 0 Å². The van der Waals surface area contributed by atoms with E-state index in [1.165, 1.54) is 18.2 Å². The molecule has 0 spiro atoms. The second-order valence-corrected chi connectivity index (χ2v) is 8.76. The third kappa shape index (κ3) is 3.44. The second-order valence-electron chi connectivity index (χ2n) is 8.76. The van der Waals surface area contributed by atoms with Gasteiger partial charge in [0.25, 0.3) is 0 Å². The average molecular weight is 380 g/mol. The first-order valence-electron chi connectivity index (χ1n) is 9.57. The summed E-state index contributed by atoms with van der Waals surface area (Å²) >= 11 is 0. The van der Waals surface area contributed by atoms with E-state index in [0.717, 1.165) is 12.8 Å². The number of rotatable bonds is 4. The summed E-state index contributed by atoms with van der Waals surface area (Å²) in [7, 11) is 2.93. The summed E-state index contributed by atoms with van der Waals surface area (Å²) < 4.78 is 10.3. The Kier molecular flexibility index (Phi) is 5.09. The number of methoxy groups -OCH3 is 2. The molecule has 4 heteroatoms. The molecule has 2 aromatic carbocycles. The summed E-state index contributed by atoms with van der Waals surface area (Å²) in [5, 5.41) is 0. The predicted molar refractivity (Wildman–Crippen MR) is 109 cm³/mol. The molecule has 1 aliphatic rings. The standard InChI is InChI=1S/C24H28O4/c1-23(2)11-12-24(3,4)19-14-20(27-5)17(13-18(19)23)21(25)15-7-9-16(10-8-15)22(26)28-6/h7-10,13-14H,11-12H2,1-6H3. The largest absolute Gasteiger partial charge is 0.496 e. The third-order valence-corrected chi connectivity index (χ3v) is 5.99. The highest BCUT2D eigenvalue weighted by Gasteiger charge is 2.38. The minimum absolute atomic E-state index is 0.000889. The van der Waals surface area contributed by atoms with Crippen LogP contribution in [0.2, 0.25) is 0 Å². The Bertz CT molecular complexity index is 920. The smallest absolute Gasteiger partial charge is 0.337 e. The van der Waals surface area contributed by atoms with Crippen molar-refractivity contribution in [2.75, 3.05) is 14.2 Å². The SMILES string of the molecule is COC(=O)c1ccc(C(=O)c2cc3c(cc2OC)C(C)(C)CCC3(C)C)cc1. The van der Waals surface area contributed by atoms with E-state index < -0.39 is 5.97 Å². The molecule has 0 heterocycles. The molecule has 148 valence electrons. The molecule has 4 nitrogen and oxygen atoms in total. The van der Waals surface area contributed by atoms with Gasteiger partial charge in [0.1, 0.15) is 5.75 Å². The molecule has 3 rings (SSSR count). The van der Waals surface area contributed by atoms with Gasteiger partial charge in [-0.05, 0) is 59.1 Å². The Hall–Kier alpha value is -2.62. The van der Waals surface area contributed by atoms with Crippen LogP contribution in [0.3, 0.4) is 0 Å². The van der Waals surface area contributed by atoms with Crippen LogP contribution in [0.15, 0.2) is 36.4 Å². The van der Waals surface area contributed by atoms with E-state index in [-0.39, 0.29) is 16.6 Å². The minimum Gasteiger partial charge on any atom is -0.496 e. The molecule has 28 heavy (non-hydrogen) atoms. The summed E-state index contributed by atoms with van der Waals surface area (Å²) in [4.78, 5) is 24.9. The zero-order valence-corrected chi connectivity index (χ0v) is 17.5. The summed E-state index contributed by atoms with van der Waals surface area (Å²) in [6.45, 7) is 8.95. The van der Waals surface area contributed by atoms with Gasteiger partial charge in [0.2, 0.25) is 0 Å². The molecule has 0 unspecified atom stereocenters. The van der Waals surface area contributed by atoms with Crippen molar-refractivity contribution < 1.29 is 19.1 Å². The maximum Gasteiger partial charge on any atom is 0.337 e. The number of hydrogen-bond donors (Lipinski definition) is 0. The first-order chi connectivity index (χ1) is 13.1. The van der Waals surface area contributed by atoms with Crippen molar-refractivity contribution in [3.05, 3.63) is 64.2 Å². The van der Waals surface area contributed by atoms with Gasteiger partial charge in [-0.25, -0.2) is 4.79 Å². The van der Waals surface area contributed by atoms with Gasteiger partial charge in [-0.1, -0.05) is 39.8 Å². The molecule has 1 aliphatic carbocycles. The van der Waals surface area contributed by atoms with E-state index in [2.05, 4.69) is 27.7 Å². The predicted octanol–water partition coefficient (Wildman–Crippen LogP) is 5.06. The van der Waals surface area contributed by atoms with Gasteiger partial charge in [0.15, 0.2) is 5.78 Å². The average Bonchev–Trinajstić information content (AvgIpc) is 2.69. The molecule has 0 N–H and O–H groups in total. The van der Waals surface area contributed by atoms with Crippen molar-refractivity contribution in [3.8, 4) is 5.75 Å². The Balaban J connectivity index is 2.09. The molecule has 0 radical (unpaired) electrons. The number of carbonyl (C=O) groups is 2. The molecule has 0 aromatic heterocycles. The van der Waals surface area contributed by atoms with Gasteiger partial charge in [0.05, 0.1) is 25.3 Å². The Morgan fingerprint density at radius 1 is 0.821 bits per heavy atom. The molecule has 0 amide bonds. The van der Waals surface area contributed by atoms with Crippen molar-refractivity contribution in [2.24, 2.45) is 0 Å². The Labute approximate surface area is 166 Å². The van der Waals surface area contributed by atoms with Crippen LogP contribution in [-0.4, -0.2) is 26.0 Å².